The van der Waals surface area contributed by atoms with Crippen LogP contribution >= 0.6 is 0 Å². The quantitative estimate of drug-likeness (QED) is 0.0504. The van der Waals surface area contributed by atoms with Gasteiger partial charge in [0.15, 0.2) is 6.29 Å². The number of hydrogen-bond acceptors (Lipinski definition) is 26. The highest BCUT2D eigenvalue weighted by Crippen LogP contribution is 2.39. The fourth-order valence-electron chi connectivity index (χ4n) is 7.94. The topological polar surface area (TPSA) is 459 Å². The molecular weight excluding hydrogens is 911 g/mol. The maximum atomic E-state index is 14.1. The largest absolute Gasteiger partial charge is 0.477 e. The molecule has 4 aliphatic heterocycles. The van der Waals surface area contributed by atoms with Gasteiger partial charge < -0.3 is 125 Å². The minimum atomic E-state index is -3.30. The molecule has 29 nitrogen and oxygen atoms in total. The summed E-state index contributed by atoms with van der Waals surface area (Å²) in [6, 6.07) is -3.48. The highest BCUT2D eigenvalue weighted by atomic mass is 19.1. The third-order valence-corrected chi connectivity index (χ3v) is 11.5. The molecule has 4 saturated heterocycles. The van der Waals surface area contributed by atoms with Gasteiger partial charge in [-0.25, -0.2) is 14.0 Å². The number of alkyl halides is 1. The van der Waals surface area contributed by atoms with Crippen LogP contribution in [0.25, 0.3) is 0 Å². The van der Waals surface area contributed by atoms with Crippen LogP contribution in [-0.2, 0) is 61.8 Å². The Balaban J connectivity index is 1.62. The SMILES string of the molecule is COC(=O)[C@@]1(OCC(=O)N[C@H]2[C@H]([C@H](O)[C@H](O)CO)O[C@@](O[C@H]3[C@@H](O)[C@@H](CO)O[C@@H](O[C@H]4[C@H](O)[C@@H](O)[C@@H](F)O[C@@H]4CO)[C@@H]3O)(C(=O)O)C[C@@H]2O)C[C@H](O)[C@@H](NC(C)=O)[C@H]([C@H](O)[C@@H](CO)OC)O1. The predicted octanol–water partition coefficient (Wildman–Crippen LogP) is -10.4. The number of nitrogens with one attached hydrogen (secondary N) is 2. The molecule has 382 valence electrons. The lowest BCUT2D eigenvalue weighted by Crippen LogP contribution is -2.71. The molecule has 4 fully saturated rings. The van der Waals surface area contributed by atoms with Gasteiger partial charge in [-0.15, -0.1) is 0 Å². The van der Waals surface area contributed by atoms with Gasteiger partial charge in [-0.05, 0) is 0 Å². The third-order valence-electron chi connectivity index (χ3n) is 11.5. The average molecular weight is 971 g/mol. The number of hydrogen-bond donors (Lipinski definition) is 16. The third kappa shape index (κ3) is 11.9. The molecule has 2 amide bonds. The van der Waals surface area contributed by atoms with Crippen molar-refractivity contribution >= 4 is 23.8 Å². The Morgan fingerprint density at radius 2 is 1.32 bits per heavy atom. The first-order chi connectivity index (χ1) is 31.0. The second kappa shape index (κ2) is 23.5. The monoisotopic (exact) mass is 970 g/mol. The van der Waals surface area contributed by atoms with E-state index in [1.165, 1.54) is 0 Å². The molecule has 4 heterocycles. The van der Waals surface area contributed by atoms with E-state index in [1.54, 1.807) is 0 Å². The van der Waals surface area contributed by atoms with Crippen molar-refractivity contribution < 1.29 is 138 Å². The van der Waals surface area contributed by atoms with Gasteiger partial charge in [0.25, 0.3) is 11.6 Å². The van der Waals surface area contributed by atoms with Crippen molar-refractivity contribution in [1.29, 1.82) is 0 Å². The van der Waals surface area contributed by atoms with Crippen LogP contribution < -0.4 is 10.6 Å². The average Bonchev–Trinajstić information content (AvgIpc) is 3.28. The van der Waals surface area contributed by atoms with Crippen LogP contribution in [0, 0.1) is 0 Å². The van der Waals surface area contributed by atoms with Crippen LogP contribution in [0.5, 0.6) is 0 Å². The summed E-state index contributed by atoms with van der Waals surface area (Å²) in [7, 11) is 1.95. The van der Waals surface area contributed by atoms with E-state index < -0.39 is 204 Å². The number of ether oxygens (including phenoxy) is 9. The first-order valence-corrected chi connectivity index (χ1v) is 20.3. The lowest BCUT2D eigenvalue weighted by atomic mass is 9.88. The lowest BCUT2D eigenvalue weighted by Gasteiger charge is -2.50. The number of rotatable bonds is 20. The molecule has 0 bridgehead atoms. The minimum absolute atomic E-state index is 0.729. The maximum Gasteiger partial charge on any atom is 0.366 e. The van der Waals surface area contributed by atoms with Gasteiger partial charge in [-0.3, -0.25) is 9.59 Å². The summed E-state index contributed by atoms with van der Waals surface area (Å²) < 4.78 is 62.1. The lowest BCUT2D eigenvalue weighted by molar-refractivity contribution is -0.383. The van der Waals surface area contributed by atoms with Gasteiger partial charge in [0, 0.05) is 26.9 Å². The molecule has 4 rings (SSSR count). The molecule has 66 heavy (non-hydrogen) atoms. The Hall–Kier alpha value is -3.03. The molecule has 0 aliphatic carbocycles. The first kappa shape index (κ1) is 55.6. The van der Waals surface area contributed by atoms with E-state index in [-0.39, 0.29) is 0 Å². The van der Waals surface area contributed by atoms with Crippen molar-refractivity contribution in [2.45, 2.75) is 154 Å². The number of methoxy groups -OCH3 is 2. The molecule has 0 spiro atoms. The molecule has 30 heteroatoms. The minimum Gasteiger partial charge on any atom is -0.477 e. The van der Waals surface area contributed by atoms with Crippen LogP contribution in [0.4, 0.5) is 4.39 Å². The summed E-state index contributed by atoms with van der Waals surface area (Å²) in [4.78, 5) is 51.8. The number of carbonyl (C=O) groups is 4. The van der Waals surface area contributed by atoms with E-state index in [9.17, 15) is 95.1 Å². The van der Waals surface area contributed by atoms with E-state index in [4.69, 9.17) is 42.6 Å². The smallest absolute Gasteiger partial charge is 0.366 e. The van der Waals surface area contributed by atoms with Gasteiger partial charge in [0.1, 0.15) is 92.1 Å². The van der Waals surface area contributed by atoms with Gasteiger partial charge in [0.05, 0.1) is 57.8 Å². The fraction of sp³-hybridized carbons (Fsp3) is 0.889. The molecule has 4 aliphatic rings. The standard InChI is InChI=1S/C36H59FN2O27/c1-11(44)38-19-13(46)5-36(34(57)59-3,65-29(19)22(50)15(7-41)58-2)60-10-18(48)39-20-12(45)4-35(33(55)56,64-28(20)21(49)14(47)6-40)66-30-23(51)16(8-42)62-32(26(30)54)63-27-17(9-43)61-31(37)25(53)24(27)52/h12-17,19-32,40-43,45-47,49-54H,4-10H2,1-3H3,(H,38,44)(H,39,48)(H,55,56)/t12-,13-,14+,15+,16+,17+,19+,20+,21+,22+,23-,24+,25+,26+,27+,28+,29+,30-,31-,32-,35-,36+/m0/s1. The molecule has 16 N–H and O–H groups in total. The summed E-state index contributed by atoms with van der Waals surface area (Å²) in [5, 5.41) is 152. The number of carboxylic acids is 1. The number of carboxylic acid groups (broad SMARTS) is 1. The van der Waals surface area contributed by atoms with Gasteiger partial charge in [0.2, 0.25) is 18.2 Å². The molecule has 0 unspecified atom stereocenters. The maximum absolute atomic E-state index is 14.1. The van der Waals surface area contributed by atoms with Gasteiger partial charge in [-0.1, -0.05) is 0 Å². The second-order valence-corrected chi connectivity index (χ2v) is 15.9. The van der Waals surface area contributed by atoms with E-state index in [0.717, 1.165) is 21.1 Å². The molecule has 0 aromatic carbocycles. The van der Waals surface area contributed by atoms with Crippen LogP contribution in [-0.4, -0.2) is 276 Å². The Kier molecular flexibility index (Phi) is 19.8. The summed E-state index contributed by atoms with van der Waals surface area (Å²) in [5.41, 5.74) is 0. The molecule has 0 saturated carbocycles. The number of aliphatic carboxylic acids is 1. The zero-order valence-corrected chi connectivity index (χ0v) is 35.4. The van der Waals surface area contributed by atoms with E-state index in [0.29, 0.717) is 0 Å². The van der Waals surface area contributed by atoms with Crippen molar-refractivity contribution in [2.75, 3.05) is 47.3 Å². The van der Waals surface area contributed by atoms with Crippen molar-refractivity contribution in [3.8, 4) is 0 Å². The number of aliphatic hydroxyl groups excluding tert-OH is 13. The summed E-state index contributed by atoms with van der Waals surface area (Å²) >= 11 is 0. The van der Waals surface area contributed by atoms with Crippen molar-refractivity contribution in [3.05, 3.63) is 0 Å². The van der Waals surface area contributed by atoms with Gasteiger partial charge in [-0.2, -0.15) is 0 Å². The number of esters is 1. The molecule has 0 radical (unpaired) electrons. The van der Waals surface area contributed by atoms with Crippen molar-refractivity contribution in [1.82, 2.24) is 10.6 Å². The van der Waals surface area contributed by atoms with Crippen LogP contribution in [0.15, 0.2) is 0 Å². The van der Waals surface area contributed by atoms with E-state index >= 15 is 0 Å². The van der Waals surface area contributed by atoms with Crippen LogP contribution in [0.1, 0.15) is 19.8 Å². The zero-order valence-electron chi connectivity index (χ0n) is 35.4. The predicted molar refractivity (Wildman–Crippen MR) is 201 cm³/mol. The summed E-state index contributed by atoms with van der Waals surface area (Å²) in [6.45, 7) is -4.43. The highest BCUT2D eigenvalue weighted by Gasteiger charge is 2.61. The zero-order chi connectivity index (χ0) is 49.6. The summed E-state index contributed by atoms with van der Waals surface area (Å²) in [5.74, 6) is -11.7. The van der Waals surface area contributed by atoms with E-state index in [1.807, 2.05) is 0 Å². The fourth-order valence-corrected chi connectivity index (χ4v) is 7.94. The Morgan fingerprint density at radius 1 is 0.742 bits per heavy atom. The van der Waals surface area contributed by atoms with Crippen molar-refractivity contribution in [3.63, 3.8) is 0 Å². The molecule has 0 aromatic heterocycles. The Morgan fingerprint density at radius 3 is 1.85 bits per heavy atom. The van der Waals surface area contributed by atoms with Crippen LogP contribution in [0.2, 0.25) is 0 Å². The van der Waals surface area contributed by atoms with Crippen molar-refractivity contribution in [2.24, 2.45) is 0 Å². The highest BCUT2D eigenvalue weighted by molar-refractivity contribution is 5.81. The second-order valence-electron chi connectivity index (χ2n) is 15.9. The Labute approximate surface area is 373 Å². The van der Waals surface area contributed by atoms with Gasteiger partial charge >= 0.3 is 11.9 Å². The molecular formula is C36H59FN2O27. The number of halogens is 1. The molecule has 0 aromatic rings. The summed E-state index contributed by atoms with van der Waals surface area (Å²) in [6.07, 6.45) is -39.7. The Bertz CT molecular complexity index is 1620. The first-order valence-electron chi connectivity index (χ1n) is 20.3. The normalized spacial score (nSPS) is 41.5. The van der Waals surface area contributed by atoms with E-state index in [2.05, 4.69) is 10.6 Å². The van der Waals surface area contributed by atoms with Crippen LogP contribution in [0.3, 0.4) is 0 Å². The number of carbonyl (C=O) groups excluding carboxylic acids is 3. The number of aliphatic hydroxyl groups is 13. The number of amides is 2. The molecule has 22 atom stereocenters.